The smallest absolute Gasteiger partial charge is 0.352 e. The summed E-state index contributed by atoms with van der Waals surface area (Å²) in [6.07, 6.45) is 1.57. The summed E-state index contributed by atoms with van der Waals surface area (Å²) in [6.45, 7) is 0.955. The number of carboxylic acid groups (broad SMARTS) is 1. The van der Waals surface area contributed by atoms with E-state index in [0.29, 0.717) is 18.2 Å². The van der Waals surface area contributed by atoms with Gasteiger partial charge in [-0.25, -0.2) is 4.79 Å². The second kappa shape index (κ2) is 4.30. The minimum Gasteiger partial charge on any atom is -0.477 e. The van der Waals surface area contributed by atoms with Crippen LogP contribution >= 0.6 is 11.6 Å². The Hall–Kier alpha value is -1.00. The number of halogens is 1. The van der Waals surface area contributed by atoms with Crippen molar-refractivity contribution in [3.63, 3.8) is 0 Å². The first kappa shape index (κ1) is 10.1. The number of aromatic nitrogens is 1. The molecule has 0 fully saturated rings. The Morgan fingerprint density at radius 3 is 3.00 bits per heavy atom. The van der Waals surface area contributed by atoms with Gasteiger partial charge < -0.3 is 14.4 Å². The Balaban J connectivity index is 2.84. The molecule has 0 saturated carbocycles. The molecule has 0 aliphatic carbocycles. The molecule has 0 saturated heterocycles. The van der Waals surface area contributed by atoms with Crippen molar-refractivity contribution in [2.24, 2.45) is 0 Å². The van der Waals surface area contributed by atoms with E-state index < -0.39 is 5.97 Å². The lowest BCUT2D eigenvalue weighted by molar-refractivity contribution is 0.0682. The van der Waals surface area contributed by atoms with Crippen molar-refractivity contribution in [1.29, 1.82) is 0 Å². The summed E-state index contributed by atoms with van der Waals surface area (Å²) in [5, 5.41) is 9.18. The number of ether oxygens (including phenoxy) is 1. The molecule has 72 valence electrons. The summed E-state index contributed by atoms with van der Waals surface area (Å²) in [7, 11) is 1.56. The van der Waals surface area contributed by atoms with Gasteiger partial charge in [-0.2, -0.15) is 0 Å². The molecular formula is C8H10ClNO3. The number of hydrogen-bond donors (Lipinski definition) is 1. The third kappa shape index (κ3) is 2.47. The van der Waals surface area contributed by atoms with Gasteiger partial charge in [-0.1, -0.05) is 11.6 Å². The van der Waals surface area contributed by atoms with Gasteiger partial charge in [-0.3, -0.25) is 0 Å². The molecular weight excluding hydrogens is 194 g/mol. The van der Waals surface area contributed by atoms with Crippen LogP contribution in [0.5, 0.6) is 0 Å². The average molecular weight is 204 g/mol. The SMILES string of the molecule is COCCn1cc(Cl)cc1C(=O)O. The van der Waals surface area contributed by atoms with Crippen LogP contribution < -0.4 is 0 Å². The Labute approximate surface area is 80.7 Å². The van der Waals surface area contributed by atoms with Gasteiger partial charge in [0.05, 0.1) is 11.6 Å². The third-order valence-corrected chi connectivity index (χ3v) is 1.83. The van der Waals surface area contributed by atoms with E-state index in [2.05, 4.69) is 0 Å². The zero-order chi connectivity index (χ0) is 9.84. The fourth-order valence-corrected chi connectivity index (χ4v) is 1.25. The Morgan fingerprint density at radius 2 is 2.46 bits per heavy atom. The summed E-state index contributed by atoms with van der Waals surface area (Å²) in [4.78, 5) is 10.7. The van der Waals surface area contributed by atoms with Crippen molar-refractivity contribution in [1.82, 2.24) is 4.57 Å². The molecule has 1 aromatic rings. The molecule has 4 nitrogen and oxygen atoms in total. The highest BCUT2D eigenvalue weighted by molar-refractivity contribution is 6.30. The van der Waals surface area contributed by atoms with Crippen molar-refractivity contribution in [3.05, 3.63) is 23.0 Å². The van der Waals surface area contributed by atoms with Crippen LogP contribution in [0.1, 0.15) is 10.5 Å². The zero-order valence-electron chi connectivity index (χ0n) is 7.16. The summed E-state index contributed by atoms with van der Waals surface area (Å²) >= 11 is 5.66. The number of carboxylic acids is 1. The van der Waals surface area contributed by atoms with Crippen LogP contribution in [0.4, 0.5) is 0 Å². The number of rotatable bonds is 4. The first-order chi connectivity index (χ1) is 6.15. The fraction of sp³-hybridized carbons (Fsp3) is 0.375. The first-order valence-electron chi connectivity index (χ1n) is 3.73. The van der Waals surface area contributed by atoms with Gasteiger partial charge in [0.2, 0.25) is 0 Å². The van der Waals surface area contributed by atoms with E-state index in [1.165, 1.54) is 6.07 Å². The molecule has 0 aliphatic heterocycles. The molecule has 0 radical (unpaired) electrons. The topological polar surface area (TPSA) is 51.5 Å². The number of hydrogen-bond acceptors (Lipinski definition) is 2. The highest BCUT2D eigenvalue weighted by Gasteiger charge is 2.10. The van der Waals surface area contributed by atoms with Crippen LogP contribution in [0.2, 0.25) is 5.02 Å². The van der Waals surface area contributed by atoms with Gasteiger partial charge in [-0.05, 0) is 6.07 Å². The van der Waals surface area contributed by atoms with E-state index in [1.807, 2.05) is 0 Å². The minimum atomic E-state index is -0.983. The van der Waals surface area contributed by atoms with E-state index in [1.54, 1.807) is 17.9 Å². The van der Waals surface area contributed by atoms with Gasteiger partial charge in [0.15, 0.2) is 0 Å². The van der Waals surface area contributed by atoms with E-state index in [-0.39, 0.29) is 5.69 Å². The molecule has 1 N–H and O–H groups in total. The lowest BCUT2D eigenvalue weighted by Crippen LogP contribution is -2.10. The molecule has 13 heavy (non-hydrogen) atoms. The predicted molar refractivity (Wildman–Crippen MR) is 48.3 cm³/mol. The summed E-state index contributed by atoms with van der Waals surface area (Å²) in [5.41, 5.74) is 0.182. The molecule has 0 amide bonds. The van der Waals surface area contributed by atoms with Crippen LogP contribution in [0.15, 0.2) is 12.3 Å². The molecule has 0 atom stereocenters. The first-order valence-corrected chi connectivity index (χ1v) is 4.11. The van der Waals surface area contributed by atoms with Crippen molar-refractivity contribution in [3.8, 4) is 0 Å². The number of nitrogens with zero attached hydrogens (tertiary/aromatic N) is 1. The maximum absolute atomic E-state index is 10.7. The molecule has 0 aromatic carbocycles. The lowest BCUT2D eigenvalue weighted by atomic mass is 10.4. The van der Waals surface area contributed by atoms with Gasteiger partial charge in [0.1, 0.15) is 5.69 Å². The van der Waals surface area contributed by atoms with Gasteiger partial charge in [-0.15, -0.1) is 0 Å². The van der Waals surface area contributed by atoms with Crippen molar-refractivity contribution in [2.45, 2.75) is 6.54 Å². The Kier molecular flexibility index (Phi) is 3.33. The minimum absolute atomic E-state index is 0.182. The third-order valence-electron chi connectivity index (χ3n) is 1.62. The fourth-order valence-electron chi connectivity index (χ4n) is 1.03. The van der Waals surface area contributed by atoms with Crippen molar-refractivity contribution >= 4 is 17.6 Å². The zero-order valence-corrected chi connectivity index (χ0v) is 7.91. The van der Waals surface area contributed by atoms with Gasteiger partial charge in [0, 0.05) is 19.9 Å². The molecule has 0 unspecified atom stereocenters. The van der Waals surface area contributed by atoms with Crippen molar-refractivity contribution in [2.75, 3.05) is 13.7 Å². The monoisotopic (exact) mass is 203 g/mol. The Morgan fingerprint density at radius 1 is 1.77 bits per heavy atom. The second-order valence-corrected chi connectivity index (χ2v) is 2.97. The van der Waals surface area contributed by atoms with E-state index >= 15 is 0 Å². The summed E-state index contributed by atoms with van der Waals surface area (Å²) in [5.74, 6) is -0.983. The normalized spacial score (nSPS) is 10.3. The standard InChI is InChI=1S/C8H10ClNO3/c1-13-3-2-10-5-6(9)4-7(10)8(11)12/h4-5H,2-3H2,1H3,(H,11,12). The van der Waals surface area contributed by atoms with Crippen LogP contribution in [0.3, 0.4) is 0 Å². The quantitative estimate of drug-likeness (QED) is 0.807. The molecule has 1 aromatic heterocycles. The molecule has 1 heterocycles. The maximum Gasteiger partial charge on any atom is 0.352 e. The molecule has 1 rings (SSSR count). The summed E-state index contributed by atoms with van der Waals surface area (Å²) < 4.78 is 6.38. The maximum atomic E-state index is 10.7. The predicted octanol–water partition coefficient (Wildman–Crippen LogP) is 1.49. The molecule has 0 aliphatic rings. The number of aromatic carboxylic acids is 1. The van der Waals surface area contributed by atoms with Crippen LogP contribution in [-0.2, 0) is 11.3 Å². The molecule has 5 heteroatoms. The van der Waals surface area contributed by atoms with E-state index in [4.69, 9.17) is 21.4 Å². The van der Waals surface area contributed by atoms with Gasteiger partial charge in [0.25, 0.3) is 0 Å². The van der Waals surface area contributed by atoms with Crippen LogP contribution in [-0.4, -0.2) is 29.4 Å². The largest absolute Gasteiger partial charge is 0.477 e. The number of carbonyl (C=O) groups is 1. The van der Waals surface area contributed by atoms with E-state index in [0.717, 1.165) is 0 Å². The van der Waals surface area contributed by atoms with Crippen molar-refractivity contribution < 1.29 is 14.6 Å². The lowest BCUT2D eigenvalue weighted by Gasteiger charge is -2.03. The molecule has 0 bridgehead atoms. The highest BCUT2D eigenvalue weighted by atomic mass is 35.5. The Bertz CT molecular complexity index is 308. The number of methoxy groups -OCH3 is 1. The van der Waals surface area contributed by atoms with Crippen LogP contribution in [0.25, 0.3) is 0 Å². The molecule has 0 spiro atoms. The van der Waals surface area contributed by atoms with Gasteiger partial charge >= 0.3 is 5.97 Å². The second-order valence-electron chi connectivity index (χ2n) is 2.53. The summed E-state index contributed by atoms with van der Waals surface area (Å²) in [6, 6.07) is 1.42. The average Bonchev–Trinajstić information content (AvgIpc) is 2.43. The van der Waals surface area contributed by atoms with E-state index in [9.17, 15) is 4.79 Å². The van der Waals surface area contributed by atoms with Crippen LogP contribution in [0, 0.1) is 0 Å². The highest BCUT2D eigenvalue weighted by Crippen LogP contribution is 2.13.